The van der Waals surface area contributed by atoms with Gasteiger partial charge in [-0.05, 0) is 18.6 Å². The molecular weight excluding hydrogens is 212 g/mol. The molecule has 1 aliphatic rings. The molecule has 0 aliphatic carbocycles. The van der Waals surface area contributed by atoms with Crippen LogP contribution in [0.1, 0.15) is 18.4 Å². The zero-order valence-electron chi connectivity index (χ0n) is 7.99. The van der Waals surface area contributed by atoms with Crippen molar-refractivity contribution in [3.05, 3.63) is 11.8 Å². The molecule has 1 atom stereocenters. The first-order valence-electron chi connectivity index (χ1n) is 4.67. The van der Waals surface area contributed by atoms with Gasteiger partial charge in [-0.3, -0.25) is 9.89 Å². The summed E-state index contributed by atoms with van der Waals surface area (Å²) in [4.78, 5) is 11.7. The van der Waals surface area contributed by atoms with E-state index in [-0.39, 0.29) is 11.2 Å². The number of thioether (sulfide) groups is 1. The Balaban J connectivity index is 2.02. The van der Waals surface area contributed by atoms with E-state index in [2.05, 4.69) is 15.5 Å². The van der Waals surface area contributed by atoms with Crippen LogP contribution in [0.25, 0.3) is 0 Å². The summed E-state index contributed by atoms with van der Waals surface area (Å²) in [7, 11) is 0. The van der Waals surface area contributed by atoms with Gasteiger partial charge in [0, 0.05) is 0 Å². The van der Waals surface area contributed by atoms with E-state index in [1.807, 2.05) is 6.07 Å². The van der Waals surface area contributed by atoms with Gasteiger partial charge in [0.2, 0.25) is 5.91 Å². The van der Waals surface area contributed by atoms with Crippen LogP contribution < -0.4 is 5.32 Å². The SMILES string of the molecule is N#Cc1cn[nH]c1NC(=O)C1CCCS1. The normalized spacial score (nSPS) is 19.8. The van der Waals surface area contributed by atoms with Gasteiger partial charge < -0.3 is 5.32 Å². The van der Waals surface area contributed by atoms with Crippen LogP contribution in [-0.2, 0) is 4.79 Å². The standard InChI is InChI=1S/C9H10N4OS/c10-4-6-5-11-13-8(6)12-9(14)7-2-1-3-15-7/h5,7H,1-3H2,(H2,11,12,13,14). The number of hydrogen-bond acceptors (Lipinski definition) is 4. The molecular formula is C9H10N4OS. The first-order valence-corrected chi connectivity index (χ1v) is 5.72. The molecule has 1 aromatic rings. The molecule has 2 rings (SSSR count). The molecule has 2 heterocycles. The van der Waals surface area contributed by atoms with Crippen LogP contribution in [0.2, 0.25) is 0 Å². The van der Waals surface area contributed by atoms with Crippen molar-refractivity contribution < 1.29 is 4.79 Å². The van der Waals surface area contributed by atoms with Crippen LogP contribution in [-0.4, -0.2) is 27.1 Å². The molecule has 1 aromatic heterocycles. The molecule has 0 saturated carbocycles. The van der Waals surface area contributed by atoms with Crippen LogP contribution in [0.5, 0.6) is 0 Å². The summed E-state index contributed by atoms with van der Waals surface area (Å²) < 4.78 is 0. The van der Waals surface area contributed by atoms with Gasteiger partial charge in [0.05, 0.1) is 11.4 Å². The molecule has 2 N–H and O–H groups in total. The van der Waals surface area contributed by atoms with E-state index in [0.717, 1.165) is 18.6 Å². The fourth-order valence-electron chi connectivity index (χ4n) is 1.45. The number of rotatable bonds is 2. The smallest absolute Gasteiger partial charge is 0.238 e. The van der Waals surface area contributed by atoms with Crippen LogP contribution in [0.3, 0.4) is 0 Å². The van der Waals surface area contributed by atoms with Crippen LogP contribution >= 0.6 is 11.8 Å². The van der Waals surface area contributed by atoms with Gasteiger partial charge in [-0.25, -0.2) is 0 Å². The lowest BCUT2D eigenvalue weighted by atomic mass is 10.2. The van der Waals surface area contributed by atoms with Gasteiger partial charge in [-0.1, -0.05) is 0 Å². The van der Waals surface area contributed by atoms with Gasteiger partial charge in [-0.15, -0.1) is 11.8 Å². The molecule has 0 aromatic carbocycles. The molecule has 1 fully saturated rings. The second kappa shape index (κ2) is 4.36. The summed E-state index contributed by atoms with van der Waals surface area (Å²) in [6.07, 6.45) is 3.39. The molecule has 0 radical (unpaired) electrons. The van der Waals surface area contributed by atoms with E-state index in [0.29, 0.717) is 11.4 Å². The quantitative estimate of drug-likeness (QED) is 0.785. The van der Waals surface area contributed by atoms with Crippen molar-refractivity contribution in [2.75, 3.05) is 11.1 Å². The molecule has 5 nitrogen and oxygen atoms in total. The summed E-state index contributed by atoms with van der Waals surface area (Å²) in [6.45, 7) is 0. The summed E-state index contributed by atoms with van der Waals surface area (Å²) in [5.41, 5.74) is 0.367. The highest BCUT2D eigenvalue weighted by Gasteiger charge is 2.24. The van der Waals surface area contributed by atoms with Crippen molar-refractivity contribution in [1.82, 2.24) is 10.2 Å². The maximum Gasteiger partial charge on any atom is 0.238 e. The van der Waals surface area contributed by atoms with E-state index >= 15 is 0 Å². The molecule has 0 bridgehead atoms. The van der Waals surface area contributed by atoms with Crippen molar-refractivity contribution in [3.8, 4) is 6.07 Å². The number of carbonyl (C=O) groups is 1. The number of amides is 1. The summed E-state index contributed by atoms with van der Waals surface area (Å²) in [5, 5.41) is 17.7. The monoisotopic (exact) mass is 222 g/mol. The Labute approximate surface area is 91.2 Å². The summed E-state index contributed by atoms with van der Waals surface area (Å²) in [5.74, 6) is 1.39. The molecule has 6 heteroatoms. The Morgan fingerprint density at radius 1 is 1.80 bits per heavy atom. The van der Waals surface area contributed by atoms with E-state index in [1.54, 1.807) is 11.8 Å². The lowest BCUT2D eigenvalue weighted by molar-refractivity contribution is -0.115. The van der Waals surface area contributed by atoms with Gasteiger partial charge in [0.1, 0.15) is 17.5 Å². The van der Waals surface area contributed by atoms with Crippen molar-refractivity contribution in [1.29, 1.82) is 5.26 Å². The Hall–Kier alpha value is -1.48. The zero-order valence-corrected chi connectivity index (χ0v) is 8.80. The van der Waals surface area contributed by atoms with Crippen molar-refractivity contribution in [2.24, 2.45) is 0 Å². The second-order valence-electron chi connectivity index (χ2n) is 3.26. The van der Waals surface area contributed by atoms with Gasteiger partial charge in [0.25, 0.3) is 0 Å². The van der Waals surface area contributed by atoms with Crippen molar-refractivity contribution >= 4 is 23.5 Å². The first kappa shape index (κ1) is 10.1. The fraction of sp³-hybridized carbons (Fsp3) is 0.444. The topological polar surface area (TPSA) is 81.6 Å². The minimum Gasteiger partial charge on any atom is -0.309 e. The number of nitrogens with zero attached hydrogens (tertiary/aromatic N) is 2. The van der Waals surface area contributed by atoms with Crippen molar-refractivity contribution in [3.63, 3.8) is 0 Å². The van der Waals surface area contributed by atoms with Gasteiger partial charge in [-0.2, -0.15) is 10.4 Å². The average molecular weight is 222 g/mol. The minimum absolute atomic E-state index is 0.0137. The number of nitrogens with one attached hydrogen (secondary N) is 2. The molecule has 1 unspecified atom stereocenters. The maximum atomic E-state index is 11.7. The van der Waals surface area contributed by atoms with Gasteiger partial charge >= 0.3 is 0 Å². The molecule has 1 amide bonds. The van der Waals surface area contributed by atoms with E-state index in [9.17, 15) is 4.79 Å². The molecule has 15 heavy (non-hydrogen) atoms. The van der Waals surface area contributed by atoms with Gasteiger partial charge in [0.15, 0.2) is 0 Å². The highest BCUT2D eigenvalue weighted by Crippen LogP contribution is 2.27. The van der Waals surface area contributed by atoms with E-state index < -0.39 is 0 Å². The number of aromatic amines is 1. The number of nitriles is 1. The third-order valence-electron chi connectivity index (χ3n) is 2.23. The molecule has 1 aliphatic heterocycles. The predicted octanol–water partition coefficient (Wildman–Crippen LogP) is 1.12. The van der Waals surface area contributed by atoms with Crippen LogP contribution in [0, 0.1) is 11.3 Å². The fourth-order valence-corrected chi connectivity index (χ4v) is 2.62. The summed E-state index contributed by atoms with van der Waals surface area (Å²) in [6, 6.07) is 1.96. The second-order valence-corrected chi connectivity index (χ2v) is 4.57. The average Bonchev–Trinajstić information content (AvgIpc) is 2.87. The largest absolute Gasteiger partial charge is 0.309 e. The Morgan fingerprint density at radius 3 is 3.33 bits per heavy atom. The number of H-pyrrole nitrogens is 1. The van der Waals surface area contributed by atoms with E-state index in [4.69, 9.17) is 5.26 Å². The highest BCUT2D eigenvalue weighted by molar-refractivity contribution is 8.00. The number of aromatic nitrogens is 2. The maximum absolute atomic E-state index is 11.7. The summed E-state index contributed by atoms with van der Waals surface area (Å²) >= 11 is 1.66. The zero-order chi connectivity index (χ0) is 10.7. The number of hydrogen-bond donors (Lipinski definition) is 2. The minimum atomic E-state index is -0.0433. The van der Waals surface area contributed by atoms with Crippen LogP contribution in [0.15, 0.2) is 6.20 Å². The number of carbonyl (C=O) groups excluding carboxylic acids is 1. The third kappa shape index (κ3) is 2.13. The predicted molar refractivity (Wildman–Crippen MR) is 57.4 cm³/mol. The Kier molecular flexibility index (Phi) is 2.92. The molecule has 78 valence electrons. The molecule has 0 spiro atoms. The highest BCUT2D eigenvalue weighted by atomic mass is 32.2. The lowest BCUT2D eigenvalue weighted by Crippen LogP contribution is -2.23. The van der Waals surface area contributed by atoms with E-state index in [1.165, 1.54) is 6.20 Å². The number of anilines is 1. The van der Waals surface area contributed by atoms with Crippen molar-refractivity contribution in [2.45, 2.75) is 18.1 Å². The first-order chi connectivity index (χ1) is 7.31. The van der Waals surface area contributed by atoms with Crippen LogP contribution in [0.4, 0.5) is 5.82 Å². The molecule has 1 saturated heterocycles. The Bertz CT molecular complexity index is 402. The Morgan fingerprint density at radius 2 is 2.67 bits per heavy atom. The lowest BCUT2D eigenvalue weighted by Gasteiger charge is -2.07. The third-order valence-corrected chi connectivity index (χ3v) is 3.61.